The quantitative estimate of drug-likeness (QED) is 0.0230. The molecular weight excluding hydrogens is 1150 g/mol. The minimum absolute atomic E-state index is 0.0143. The van der Waals surface area contributed by atoms with Gasteiger partial charge in [0.2, 0.25) is 0 Å². The first kappa shape index (κ1) is 68.6. The Morgan fingerprint density at radius 1 is 0.407 bits per heavy atom. The van der Waals surface area contributed by atoms with Crippen molar-refractivity contribution in [1.29, 1.82) is 0 Å². The number of ether oxygens (including phenoxy) is 7. The van der Waals surface area contributed by atoms with E-state index in [-0.39, 0.29) is 118 Å². The molecule has 7 aromatic rings. The van der Waals surface area contributed by atoms with Crippen molar-refractivity contribution in [3.63, 3.8) is 0 Å². The van der Waals surface area contributed by atoms with Crippen LogP contribution in [0.25, 0.3) is 6.08 Å². The van der Waals surface area contributed by atoms with Crippen LogP contribution in [-0.2, 0) is 87.2 Å². The number of carboxylic acid groups (broad SMARTS) is 1. The number of rotatable bonds is 34. The normalized spacial score (nSPS) is 15.3. The van der Waals surface area contributed by atoms with E-state index in [4.69, 9.17) is 33.2 Å². The molecule has 0 aromatic heterocycles. The Hall–Kier alpha value is -8.32. The molecule has 8 rings (SSSR count). The van der Waals surface area contributed by atoms with Crippen LogP contribution < -0.4 is 4.74 Å². The molecule has 7 aromatic carbocycles. The lowest BCUT2D eigenvalue weighted by atomic mass is 10.1. The van der Waals surface area contributed by atoms with Gasteiger partial charge in [0, 0.05) is 52.4 Å². The van der Waals surface area contributed by atoms with Gasteiger partial charge in [-0.25, -0.2) is 0 Å². The van der Waals surface area contributed by atoms with Crippen LogP contribution in [0.15, 0.2) is 212 Å². The summed E-state index contributed by atoms with van der Waals surface area (Å²) in [6.45, 7) is 4.70. The van der Waals surface area contributed by atoms with Crippen LogP contribution in [0, 0.1) is 0 Å². The maximum Gasteiger partial charge on any atom is 0.326 e. The molecule has 1 aliphatic heterocycles. The summed E-state index contributed by atoms with van der Waals surface area (Å²) in [7, 11) is 0. The number of carboxylic acids is 1. The Balaban J connectivity index is 1.16. The second-order valence-corrected chi connectivity index (χ2v) is 22.6. The first-order valence-corrected chi connectivity index (χ1v) is 31.7. The maximum atomic E-state index is 15.0. The summed E-state index contributed by atoms with van der Waals surface area (Å²) in [6.07, 6.45) is 6.66. The van der Waals surface area contributed by atoms with Crippen molar-refractivity contribution in [2.24, 2.45) is 0 Å². The fraction of sp³-hybridized carbons (Fsp3) is 0.360. The first-order valence-electron chi connectivity index (χ1n) is 31.7. The molecule has 0 amide bonds. The minimum Gasteiger partial charge on any atom is -0.494 e. The van der Waals surface area contributed by atoms with Crippen LogP contribution in [0.2, 0.25) is 0 Å². The van der Waals surface area contributed by atoms with E-state index in [1.807, 2.05) is 238 Å². The van der Waals surface area contributed by atoms with Crippen LogP contribution in [0.3, 0.4) is 0 Å². The second-order valence-electron chi connectivity index (χ2n) is 22.6. The molecule has 0 radical (unpaired) electrons. The Bertz CT molecular complexity index is 3080. The third-order valence-corrected chi connectivity index (χ3v) is 16.0. The number of carbonyl (C=O) groups excluding carboxylic acids is 3. The van der Waals surface area contributed by atoms with Gasteiger partial charge in [-0.3, -0.25) is 38.8 Å². The van der Waals surface area contributed by atoms with Crippen molar-refractivity contribution < 1.29 is 57.4 Å². The van der Waals surface area contributed by atoms with E-state index < -0.39 is 48.0 Å². The van der Waals surface area contributed by atoms with E-state index in [2.05, 4.69) is 6.92 Å². The van der Waals surface area contributed by atoms with Gasteiger partial charge in [-0.2, -0.15) is 0 Å². The van der Waals surface area contributed by atoms with E-state index >= 15 is 0 Å². The molecule has 0 spiro atoms. The van der Waals surface area contributed by atoms with E-state index in [1.165, 1.54) is 0 Å². The number of hydrogen-bond donors (Lipinski definition) is 1. The topological polar surface area (TPSA) is 166 Å². The van der Waals surface area contributed by atoms with Gasteiger partial charge in [0.1, 0.15) is 49.7 Å². The number of benzene rings is 7. The Morgan fingerprint density at radius 3 is 1.00 bits per heavy atom. The van der Waals surface area contributed by atoms with Crippen LogP contribution in [0.5, 0.6) is 5.75 Å². The predicted octanol–water partition coefficient (Wildman–Crippen LogP) is 11.3. The average Bonchev–Trinajstić information content (AvgIpc) is 1.84. The molecule has 0 bridgehead atoms. The van der Waals surface area contributed by atoms with Crippen LogP contribution in [0.4, 0.5) is 0 Å². The summed E-state index contributed by atoms with van der Waals surface area (Å²) in [4.78, 5) is 66.6. The van der Waals surface area contributed by atoms with Crippen LogP contribution in [0.1, 0.15) is 71.6 Å². The van der Waals surface area contributed by atoms with E-state index in [0.717, 1.165) is 57.5 Å². The number of hydrogen-bond acceptors (Lipinski definition) is 15. The van der Waals surface area contributed by atoms with Gasteiger partial charge in [0.05, 0.1) is 46.2 Å². The van der Waals surface area contributed by atoms with Gasteiger partial charge in [-0.15, -0.1) is 0 Å². The van der Waals surface area contributed by atoms with Gasteiger partial charge in [0.15, 0.2) is 0 Å². The number of nitrogens with zero attached hydrogens (tertiary/aromatic N) is 4. The SMILES string of the molecule is CCCCOc1ccc(/C=C/CC[C@@H](C(=O)O)N2CCN([C@@H](COCc3ccccc3)C(=O)OCc3ccccc3)CCN([C@@H](COCc3ccccc3)C(=O)OCc3ccccc3)CCN([C@@H](COCc3ccccc3)C(=O)OCc3ccccc3)CC2)cc1. The fourth-order valence-corrected chi connectivity index (χ4v) is 10.7. The smallest absolute Gasteiger partial charge is 0.326 e. The van der Waals surface area contributed by atoms with Crippen molar-refractivity contribution in [2.45, 2.75) is 96.4 Å². The van der Waals surface area contributed by atoms with Gasteiger partial charge >= 0.3 is 23.9 Å². The summed E-state index contributed by atoms with van der Waals surface area (Å²) in [6, 6.07) is 61.5. The number of allylic oxidation sites excluding steroid dienone is 1. The monoisotopic (exact) mass is 1240 g/mol. The van der Waals surface area contributed by atoms with Crippen LogP contribution >= 0.6 is 0 Å². The Labute approximate surface area is 536 Å². The molecule has 1 aliphatic rings. The molecular formula is C75H88N4O12. The molecule has 1 heterocycles. The van der Waals surface area contributed by atoms with Gasteiger partial charge in [0.25, 0.3) is 0 Å². The summed E-state index contributed by atoms with van der Waals surface area (Å²) < 4.78 is 43.7. The first-order chi connectivity index (χ1) is 44.7. The van der Waals surface area contributed by atoms with Crippen molar-refractivity contribution in [3.05, 3.63) is 251 Å². The highest BCUT2D eigenvalue weighted by Crippen LogP contribution is 2.21. The predicted molar refractivity (Wildman–Crippen MR) is 351 cm³/mol. The third-order valence-electron chi connectivity index (χ3n) is 16.0. The zero-order valence-electron chi connectivity index (χ0n) is 52.4. The molecule has 0 unspecified atom stereocenters. The summed E-state index contributed by atoms with van der Waals surface area (Å²) in [5.74, 6) is -1.78. The highest BCUT2D eigenvalue weighted by atomic mass is 16.6. The lowest BCUT2D eigenvalue weighted by Gasteiger charge is -2.40. The lowest BCUT2D eigenvalue weighted by molar-refractivity contribution is -0.158. The van der Waals surface area contributed by atoms with Crippen molar-refractivity contribution in [3.8, 4) is 5.75 Å². The highest BCUT2D eigenvalue weighted by Gasteiger charge is 2.37. The number of aliphatic carboxylic acids is 1. The molecule has 91 heavy (non-hydrogen) atoms. The Kier molecular flexibility index (Phi) is 29.4. The average molecular weight is 1240 g/mol. The molecule has 16 nitrogen and oxygen atoms in total. The fourth-order valence-electron chi connectivity index (χ4n) is 10.7. The van der Waals surface area contributed by atoms with Crippen molar-refractivity contribution >= 4 is 30.0 Å². The van der Waals surface area contributed by atoms with Gasteiger partial charge in [-0.05, 0) is 70.3 Å². The molecule has 0 aliphatic carbocycles. The van der Waals surface area contributed by atoms with E-state index in [1.54, 1.807) is 0 Å². The minimum atomic E-state index is -1.01. The molecule has 4 atom stereocenters. The Morgan fingerprint density at radius 2 is 0.703 bits per heavy atom. The standard InChI is InChI=1S/C75H88N4O12/c1-2-3-50-88-67-40-38-60(39-41-67)24-22-23-37-68(72(80)81)76-42-44-77(69(57-85-51-61-25-10-4-11-26-61)73(82)89-54-64-31-16-7-17-32-64)46-48-79(71(59-87-53-63-29-14-6-15-30-63)75(84)91-56-66-35-20-9-21-36-66)49-47-78(45-43-76)70(58-86-52-62-27-12-5-13-28-62)74(83)90-55-65-33-18-8-19-34-65/h4-22,24-36,38-41,68-71H,2-3,23,37,42-59H2,1H3,(H,80,81)/b24-22+/t68-,69-,70-,71-/m0/s1. The maximum absolute atomic E-state index is 15.0. The zero-order chi connectivity index (χ0) is 63.5. The third kappa shape index (κ3) is 24.1. The second kappa shape index (κ2) is 39.1. The molecule has 1 fully saturated rings. The van der Waals surface area contributed by atoms with E-state index in [0.29, 0.717) is 13.0 Å². The van der Waals surface area contributed by atoms with Crippen molar-refractivity contribution in [1.82, 2.24) is 19.6 Å². The van der Waals surface area contributed by atoms with Crippen molar-refractivity contribution in [2.75, 3.05) is 78.8 Å². The van der Waals surface area contributed by atoms with Gasteiger partial charge < -0.3 is 38.3 Å². The highest BCUT2D eigenvalue weighted by molar-refractivity contribution is 5.77. The summed E-state index contributed by atoms with van der Waals surface area (Å²) >= 11 is 0. The van der Waals surface area contributed by atoms with Gasteiger partial charge in [-0.1, -0.05) is 220 Å². The summed E-state index contributed by atoms with van der Waals surface area (Å²) in [5, 5.41) is 11.3. The van der Waals surface area contributed by atoms with Crippen LogP contribution in [-0.4, -0.2) is 152 Å². The zero-order valence-corrected chi connectivity index (χ0v) is 52.4. The number of esters is 3. The number of unbranched alkanes of at least 4 members (excludes halogenated alkanes) is 1. The lowest BCUT2D eigenvalue weighted by Crippen LogP contribution is -2.58. The largest absolute Gasteiger partial charge is 0.494 e. The molecule has 1 N–H and O–H groups in total. The number of carbonyl (C=O) groups is 4. The molecule has 1 saturated heterocycles. The molecule has 480 valence electrons. The summed E-state index contributed by atoms with van der Waals surface area (Å²) in [5.41, 5.74) is 6.13. The molecule has 0 saturated carbocycles. The molecule has 16 heteroatoms. The van der Waals surface area contributed by atoms with E-state index in [9.17, 15) is 24.3 Å².